The molecular weight excluding hydrogens is 238 g/mol. The minimum absolute atomic E-state index is 0.711. The van der Waals surface area contributed by atoms with Crippen molar-refractivity contribution >= 4 is 11.8 Å². The van der Waals surface area contributed by atoms with Crippen molar-refractivity contribution in [1.82, 2.24) is 5.32 Å². The number of hydrogen-bond acceptors (Lipinski definition) is 2. The van der Waals surface area contributed by atoms with Gasteiger partial charge in [-0.2, -0.15) is 0 Å². The molecular formula is C16H27NS. The Morgan fingerprint density at radius 2 is 2.11 bits per heavy atom. The van der Waals surface area contributed by atoms with Crippen LogP contribution in [-0.2, 0) is 0 Å². The van der Waals surface area contributed by atoms with Crippen molar-refractivity contribution in [3.63, 3.8) is 0 Å². The molecule has 1 unspecified atom stereocenters. The van der Waals surface area contributed by atoms with Crippen LogP contribution in [0.15, 0.2) is 29.2 Å². The minimum atomic E-state index is 0.711. The van der Waals surface area contributed by atoms with E-state index in [-0.39, 0.29) is 0 Å². The molecule has 0 heterocycles. The Balaban J connectivity index is 2.17. The molecule has 0 saturated carbocycles. The van der Waals surface area contributed by atoms with E-state index in [9.17, 15) is 0 Å². The fraction of sp³-hybridized carbons (Fsp3) is 0.625. The van der Waals surface area contributed by atoms with E-state index in [1.165, 1.54) is 41.9 Å². The van der Waals surface area contributed by atoms with Crippen LogP contribution in [-0.4, -0.2) is 18.3 Å². The Bertz CT molecular complexity index is 325. The van der Waals surface area contributed by atoms with E-state index in [4.69, 9.17) is 0 Å². The van der Waals surface area contributed by atoms with Crippen LogP contribution in [0.1, 0.15) is 45.1 Å². The van der Waals surface area contributed by atoms with Gasteiger partial charge >= 0.3 is 0 Å². The lowest BCUT2D eigenvalue weighted by Gasteiger charge is -2.16. The summed E-state index contributed by atoms with van der Waals surface area (Å²) in [7, 11) is 0. The highest BCUT2D eigenvalue weighted by molar-refractivity contribution is 7.99. The molecule has 2 heteroatoms. The van der Waals surface area contributed by atoms with Crippen molar-refractivity contribution in [2.45, 2.75) is 57.4 Å². The van der Waals surface area contributed by atoms with Gasteiger partial charge in [0.1, 0.15) is 0 Å². The standard InChI is InChI=1S/C16H27NS/c1-4-11-17-15(5-2)9-7-12-18-16-10-6-8-14(3)13-16/h6,8,10,13,15,17H,4-5,7,9,11-12H2,1-3H3. The third-order valence-corrected chi connectivity index (χ3v) is 4.21. The average molecular weight is 265 g/mol. The molecule has 1 atom stereocenters. The van der Waals surface area contributed by atoms with Gasteiger partial charge in [0, 0.05) is 10.9 Å². The summed E-state index contributed by atoms with van der Waals surface area (Å²) >= 11 is 1.98. The Morgan fingerprint density at radius 1 is 1.28 bits per heavy atom. The summed E-state index contributed by atoms with van der Waals surface area (Å²) in [5, 5.41) is 3.62. The average Bonchev–Trinajstić information content (AvgIpc) is 2.38. The highest BCUT2D eigenvalue weighted by atomic mass is 32.2. The molecule has 0 spiro atoms. The molecule has 18 heavy (non-hydrogen) atoms. The maximum Gasteiger partial charge on any atom is 0.00745 e. The molecule has 0 saturated heterocycles. The van der Waals surface area contributed by atoms with E-state index in [0.29, 0.717) is 6.04 Å². The molecule has 0 amide bonds. The van der Waals surface area contributed by atoms with E-state index in [1.54, 1.807) is 0 Å². The van der Waals surface area contributed by atoms with Gasteiger partial charge in [0.25, 0.3) is 0 Å². The van der Waals surface area contributed by atoms with E-state index in [2.05, 4.69) is 50.4 Å². The van der Waals surface area contributed by atoms with E-state index in [1.807, 2.05) is 11.8 Å². The first-order chi connectivity index (χ1) is 8.76. The maximum absolute atomic E-state index is 3.62. The van der Waals surface area contributed by atoms with Crippen LogP contribution in [0, 0.1) is 6.92 Å². The van der Waals surface area contributed by atoms with Gasteiger partial charge in [-0.25, -0.2) is 0 Å². The first-order valence-electron chi connectivity index (χ1n) is 7.19. The van der Waals surface area contributed by atoms with E-state index in [0.717, 1.165) is 6.54 Å². The molecule has 0 bridgehead atoms. The molecule has 0 aliphatic rings. The number of nitrogens with one attached hydrogen (secondary N) is 1. The smallest absolute Gasteiger partial charge is 0.00745 e. The van der Waals surface area contributed by atoms with Crippen molar-refractivity contribution in [2.75, 3.05) is 12.3 Å². The van der Waals surface area contributed by atoms with Gasteiger partial charge in [0.05, 0.1) is 0 Å². The van der Waals surface area contributed by atoms with Crippen LogP contribution in [0.25, 0.3) is 0 Å². The molecule has 0 aliphatic heterocycles. The normalized spacial score (nSPS) is 12.6. The number of rotatable bonds is 9. The largest absolute Gasteiger partial charge is 0.314 e. The summed E-state index contributed by atoms with van der Waals surface area (Å²) in [6.07, 6.45) is 5.08. The highest BCUT2D eigenvalue weighted by Crippen LogP contribution is 2.20. The van der Waals surface area contributed by atoms with Crippen molar-refractivity contribution in [3.8, 4) is 0 Å². The molecule has 102 valence electrons. The second-order valence-electron chi connectivity index (χ2n) is 4.87. The van der Waals surface area contributed by atoms with Gasteiger partial charge in [-0.1, -0.05) is 31.5 Å². The van der Waals surface area contributed by atoms with Gasteiger partial charge in [-0.3, -0.25) is 0 Å². The van der Waals surface area contributed by atoms with Gasteiger partial charge in [-0.05, 0) is 57.0 Å². The second kappa shape index (κ2) is 9.46. The quantitative estimate of drug-likeness (QED) is 0.515. The van der Waals surface area contributed by atoms with Crippen LogP contribution < -0.4 is 5.32 Å². The Kier molecular flexibility index (Phi) is 8.19. The summed E-state index contributed by atoms with van der Waals surface area (Å²) in [6.45, 7) is 7.82. The molecule has 1 aromatic rings. The maximum atomic E-state index is 3.62. The Morgan fingerprint density at radius 3 is 2.78 bits per heavy atom. The fourth-order valence-electron chi connectivity index (χ4n) is 2.02. The van der Waals surface area contributed by atoms with E-state index >= 15 is 0 Å². The van der Waals surface area contributed by atoms with Crippen molar-refractivity contribution in [1.29, 1.82) is 0 Å². The zero-order valence-corrected chi connectivity index (χ0v) is 12.9. The predicted molar refractivity (Wildman–Crippen MR) is 83.5 cm³/mol. The lowest BCUT2D eigenvalue weighted by Crippen LogP contribution is -2.29. The van der Waals surface area contributed by atoms with Gasteiger partial charge < -0.3 is 5.32 Å². The first kappa shape index (κ1) is 15.6. The summed E-state index contributed by atoms with van der Waals surface area (Å²) < 4.78 is 0. The van der Waals surface area contributed by atoms with Gasteiger partial charge in [-0.15, -0.1) is 11.8 Å². The summed E-state index contributed by atoms with van der Waals surface area (Å²) in [5.74, 6) is 1.23. The summed E-state index contributed by atoms with van der Waals surface area (Å²) in [4.78, 5) is 1.41. The van der Waals surface area contributed by atoms with Crippen LogP contribution in [0.4, 0.5) is 0 Å². The number of benzene rings is 1. The van der Waals surface area contributed by atoms with Crippen LogP contribution in [0.3, 0.4) is 0 Å². The summed E-state index contributed by atoms with van der Waals surface area (Å²) in [6, 6.07) is 9.51. The molecule has 1 aromatic carbocycles. The molecule has 0 fully saturated rings. The number of hydrogen-bond donors (Lipinski definition) is 1. The van der Waals surface area contributed by atoms with Crippen LogP contribution >= 0.6 is 11.8 Å². The highest BCUT2D eigenvalue weighted by Gasteiger charge is 2.04. The van der Waals surface area contributed by atoms with Crippen molar-refractivity contribution < 1.29 is 0 Å². The zero-order valence-electron chi connectivity index (χ0n) is 12.0. The molecule has 0 radical (unpaired) electrons. The Labute approximate surface area is 117 Å². The number of thioether (sulfide) groups is 1. The molecule has 0 aromatic heterocycles. The minimum Gasteiger partial charge on any atom is -0.314 e. The van der Waals surface area contributed by atoms with Gasteiger partial charge in [0.2, 0.25) is 0 Å². The predicted octanol–water partition coefficient (Wildman–Crippen LogP) is 4.65. The molecule has 1 N–H and O–H groups in total. The van der Waals surface area contributed by atoms with Crippen molar-refractivity contribution in [2.24, 2.45) is 0 Å². The SMILES string of the molecule is CCCNC(CC)CCCSc1cccc(C)c1. The third kappa shape index (κ3) is 6.46. The number of aryl methyl sites for hydroxylation is 1. The van der Waals surface area contributed by atoms with E-state index < -0.39 is 0 Å². The van der Waals surface area contributed by atoms with Gasteiger partial charge in [0.15, 0.2) is 0 Å². The fourth-order valence-corrected chi connectivity index (χ4v) is 3.01. The molecule has 1 nitrogen and oxygen atoms in total. The Hall–Kier alpha value is -0.470. The van der Waals surface area contributed by atoms with Crippen molar-refractivity contribution in [3.05, 3.63) is 29.8 Å². The topological polar surface area (TPSA) is 12.0 Å². The second-order valence-corrected chi connectivity index (χ2v) is 6.03. The first-order valence-corrected chi connectivity index (χ1v) is 8.17. The lowest BCUT2D eigenvalue weighted by atomic mass is 10.1. The monoisotopic (exact) mass is 265 g/mol. The molecule has 1 rings (SSSR count). The van der Waals surface area contributed by atoms with Crippen LogP contribution in [0.2, 0.25) is 0 Å². The molecule has 0 aliphatic carbocycles. The third-order valence-electron chi connectivity index (χ3n) is 3.13. The van der Waals surface area contributed by atoms with Crippen LogP contribution in [0.5, 0.6) is 0 Å². The summed E-state index contributed by atoms with van der Waals surface area (Å²) in [5.41, 5.74) is 1.36. The zero-order chi connectivity index (χ0) is 13.2. The lowest BCUT2D eigenvalue weighted by molar-refractivity contribution is 0.465.